The van der Waals surface area contributed by atoms with Gasteiger partial charge in [0.05, 0.1) is 17.9 Å². The van der Waals surface area contributed by atoms with Gasteiger partial charge in [0.15, 0.2) is 11.5 Å². The summed E-state index contributed by atoms with van der Waals surface area (Å²) in [6.45, 7) is 0.565. The van der Waals surface area contributed by atoms with Crippen molar-refractivity contribution in [2.24, 2.45) is 0 Å². The molecule has 0 bridgehead atoms. The van der Waals surface area contributed by atoms with Crippen LogP contribution >= 0.6 is 0 Å². The molecule has 1 amide bonds. The average molecular weight is 289 g/mol. The fraction of sp³-hybridized carbons (Fsp3) is 0.267. The molecule has 0 aliphatic carbocycles. The lowest BCUT2D eigenvalue weighted by molar-refractivity contribution is 0.0942. The first kappa shape index (κ1) is 13.5. The number of benzene rings is 1. The van der Waals surface area contributed by atoms with E-state index in [0.717, 1.165) is 5.56 Å². The number of furan rings is 1. The molecule has 1 aromatic heterocycles. The molecular weight excluding hydrogens is 274 g/mol. The van der Waals surface area contributed by atoms with Crippen LogP contribution < -0.4 is 14.8 Å². The molecule has 3 rings (SSSR count). The molecule has 6 nitrogen and oxygen atoms in total. The summed E-state index contributed by atoms with van der Waals surface area (Å²) in [5, 5.41) is 12.9. The molecular formula is C15H15NO5. The fourth-order valence-electron chi connectivity index (χ4n) is 2.11. The lowest BCUT2D eigenvalue weighted by Gasteiger charge is -2.12. The van der Waals surface area contributed by atoms with E-state index < -0.39 is 6.10 Å². The Morgan fingerprint density at radius 1 is 1.29 bits per heavy atom. The van der Waals surface area contributed by atoms with E-state index in [0.29, 0.717) is 30.0 Å². The minimum Gasteiger partial charge on any atom is -0.472 e. The Kier molecular flexibility index (Phi) is 3.79. The third-order valence-corrected chi connectivity index (χ3v) is 3.27. The van der Waals surface area contributed by atoms with Crippen LogP contribution in [0.4, 0.5) is 0 Å². The van der Waals surface area contributed by atoms with Crippen molar-refractivity contribution < 1.29 is 23.8 Å². The Morgan fingerprint density at radius 3 is 2.95 bits per heavy atom. The highest BCUT2D eigenvalue weighted by Gasteiger charge is 2.16. The molecule has 0 saturated carbocycles. The van der Waals surface area contributed by atoms with Crippen LogP contribution in [0.25, 0.3) is 0 Å². The highest BCUT2D eigenvalue weighted by atomic mass is 16.7. The number of fused-ring (bicyclic) bond motifs is 1. The van der Waals surface area contributed by atoms with Gasteiger partial charge >= 0.3 is 0 Å². The lowest BCUT2D eigenvalue weighted by Crippen LogP contribution is -2.25. The second kappa shape index (κ2) is 5.88. The molecule has 1 aliphatic heterocycles. The molecule has 21 heavy (non-hydrogen) atoms. The number of ether oxygens (including phenoxy) is 2. The van der Waals surface area contributed by atoms with Crippen LogP contribution in [0.5, 0.6) is 11.5 Å². The van der Waals surface area contributed by atoms with Crippen molar-refractivity contribution in [1.82, 2.24) is 5.32 Å². The van der Waals surface area contributed by atoms with Crippen molar-refractivity contribution in [3.8, 4) is 11.5 Å². The van der Waals surface area contributed by atoms with Gasteiger partial charge in [-0.1, -0.05) is 6.07 Å². The van der Waals surface area contributed by atoms with Crippen LogP contribution in [0.1, 0.15) is 28.4 Å². The highest BCUT2D eigenvalue weighted by Crippen LogP contribution is 2.34. The van der Waals surface area contributed by atoms with Gasteiger partial charge in [-0.05, 0) is 30.2 Å². The van der Waals surface area contributed by atoms with Gasteiger partial charge in [0.25, 0.3) is 5.91 Å². The number of amides is 1. The maximum atomic E-state index is 11.7. The zero-order valence-corrected chi connectivity index (χ0v) is 11.2. The molecule has 0 unspecified atom stereocenters. The van der Waals surface area contributed by atoms with E-state index in [4.69, 9.17) is 13.9 Å². The lowest BCUT2D eigenvalue weighted by atomic mass is 10.1. The molecule has 2 heterocycles. The molecule has 2 N–H and O–H groups in total. The van der Waals surface area contributed by atoms with E-state index in [9.17, 15) is 9.90 Å². The Bertz CT molecular complexity index is 623. The molecule has 2 aromatic rings. The molecule has 1 atom stereocenters. The summed E-state index contributed by atoms with van der Waals surface area (Å²) < 4.78 is 15.3. The fourth-order valence-corrected chi connectivity index (χ4v) is 2.11. The monoisotopic (exact) mass is 289 g/mol. The Labute approximate surface area is 121 Å². The number of nitrogens with one attached hydrogen (secondary N) is 1. The number of carbonyl (C=O) groups excluding carboxylic acids is 1. The third-order valence-electron chi connectivity index (χ3n) is 3.27. The van der Waals surface area contributed by atoms with Crippen LogP contribution in [0.2, 0.25) is 0 Å². The second-order valence-electron chi connectivity index (χ2n) is 4.69. The first-order chi connectivity index (χ1) is 10.2. The number of carbonyl (C=O) groups is 1. The summed E-state index contributed by atoms with van der Waals surface area (Å²) in [5.74, 6) is 1.09. The number of hydrogen-bond acceptors (Lipinski definition) is 5. The number of aliphatic hydroxyl groups excluding tert-OH is 1. The van der Waals surface area contributed by atoms with Crippen LogP contribution in [-0.4, -0.2) is 24.4 Å². The van der Waals surface area contributed by atoms with Crippen molar-refractivity contribution in [2.45, 2.75) is 12.5 Å². The van der Waals surface area contributed by atoms with E-state index in [-0.39, 0.29) is 12.7 Å². The Morgan fingerprint density at radius 2 is 2.14 bits per heavy atom. The van der Waals surface area contributed by atoms with E-state index >= 15 is 0 Å². The summed E-state index contributed by atoms with van der Waals surface area (Å²) in [4.78, 5) is 11.7. The largest absolute Gasteiger partial charge is 0.472 e. The number of hydrogen-bond donors (Lipinski definition) is 2. The molecule has 0 spiro atoms. The zero-order chi connectivity index (χ0) is 14.7. The van der Waals surface area contributed by atoms with Crippen molar-refractivity contribution in [3.63, 3.8) is 0 Å². The van der Waals surface area contributed by atoms with Crippen LogP contribution in [0, 0.1) is 0 Å². The molecule has 6 heteroatoms. The van der Waals surface area contributed by atoms with Crippen molar-refractivity contribution in [3.05, 3.63) is 47.9 Å². The van der Waals surface area contributed by atoms with E-state index in [2.05, 4.69) is 5.32 Å². The van der Waals surface area contributed by atoms with Gasteiger partial charge < -0.3 is 24.3 Å². The minimum absolute atomic E-state index is 0.204. The summed E-state index contributed by atoms with van der Waals surface area (Å²) in [6, 6.07) is 6.90. The van der Waals surface area contributed by atoms with Crippen molar-refractivity contribution >= 4 is 5.91 Å². The van der Waals surface area contributed by atoms with Gasteiger partial charge in [-0.2, -0.15) is 0 Å². The Balaban J connectivity index is 1.52. The molecule has 1 aliphatic rings. The molecule has 0 fully saturated rings. The maximum Gasteiger partial charge on any atom is 0.254 e. The summed E-state index contributed by atoms with van der Waals surface area (Å²) in [6.07, 6.45) is 2.55. The van der Waals surface area contributed by atoms with Gasteiger partial charge in [-0.3, -0.25) is 4.79 Å². The maximum absolute atomic E-state index is 11.7. The minimum atomic E-state index is -0.677. The summed E-state index contributed by atoms with van der Waals surface area (Å²) >= 11 is 0. The number of aliphatic hydroxyl groups is 1. The van der Waals surface area contributed by atoms with Crippen LogP contribution in [0.3, 0.4) is 0 Å². The smallest absolute Gasteiger partial charge is 0.254 e. The highest BCUT2D eigenvalue weighted by molar-refractivity contribution is 5.93. The summed E-state index contributed by atoms with van der Waals surface area (Å²) in [7, 11) is 0. The average Bonchev–Trinajstić information content (AvgIpc) is 3.17. The van der Waals surface area contributed by atoms with Gasteiger partial charge in [0.2, 0.25) is 6.79 Å². The molecule has 0 radical (unpaired) electrons. The third kappa shape index (κ3) is 3.00. The Hall–Kier alpha value is -2.47. The van der Waals surface area contributed by atoms with E-state index in [1.807, 2.05) is 0 Å². The van der Waals surface area contributed by atoms with Gasteiger partial charge in [0.1, 0.15) is 6.26 Å². The normalized spacial score (nSPS) is 14.0. The quantitative estimate of drug-likeness (QED) is 0.878. The molecule has 1 aromatic carbocycles. The molecule has 0 saturated heterocycles. The van der Waals surface area contributed by atoms with E-state index in [1.54, 1.807) is 24.3 Å². The first-order valence-corrected chi connectivity index (χ1v) is 6.62. The summed E-state index contributed by atoms with van der Waals surface area (Å²) in [5.41, 5.74) is 1.20. The predicted octanol–water partition coefficient (Wildman–Crippen LogP) is 1.86. The molecule has 110 valence electrons. The van der Waals surface area contributed by atoms with Gasteiger partial charge in [-0.15, -0.1) is 0 Å². The van der Waals surface area contributed by atoms with Crippen molar-refractivity contribution in [2.75, 3.05) is 13.3 Å². The predicted molar refractivity (Wildman–Crippen MR) is 73.2 cm³/mol. The first-order valence-electron chi connectivity index (χ1n) is 6.62. The topological polar surface area (TPSA) is 80.9 Å². The van der Waals surface area contributed by atoms with Gasteiger partial charge in [-0.25, -0.2) is 0 Å². The van der Waals surface area contributed by atoms with Crippen LogP contribution in [-0.2, 0) is 0 Å². The second-order valence-corrected chi connectivity index (χ2v) is 4.69. The van der Waals surface area contributed by atoms with Crippen molar-refractivity contribution in [1.29, 1.82) is 0 Å². The standard InChI is InChI=1S/C15H15NO5/c17-12(3-5-16-15(18)11-4-6-19-8-11)10-1-2-13-14(7-10)21-9-20-13/h1-2,4,6-8,12,17H,3,5,9H2,(H,16,18)/t12-/m1/s1. The number of rotatable bonds is 5. The van der Waals surface area contributed by atoms with Gasteiger partial charge in [0, 0.05) is 6.54 Å². The van der Waals surface area contributed by atoms with Crippen LogP contribution in [0.15, 0.2) is 41.2 Å². The zero-order valence-electron chi connectivity index (χ0n) is 11.2. The SMILES string of the molecule is O=C(NCC[C@@H](O)c1ccc2c(c1)OCO2)c1ccoc1. The van der Waals surface area contributed by atoms with E-state index in [1.165, 1.54) is 12.5 Å².